The number of carbonyl (C=O) groups excluding carboxylic acids is 1. The summed E-state index contributed by atoms with van der Waals surface area (Å²) in [5.41, 5.74) is 2.39. The fraction of sp³-hybridized carbons (Fsp3) is 0.524. The van der Waals surface area contributed by atoms with Gasteiger partial charge in [-0.05, 0) is 36.1 Å². The second-order valence-electron chi connectivity index (χ2n) is 8.03. The monoisotopic (exact) mass is 386 g/mol. The van der Waals surface area contributed by atoms with Crippen molar-refractivity contribution in [1.29, 1.82) is 0 Å². The molecule has 2 aliphatic rings. The summed E-state index contributed by atoms with van der Waals surface area (Å²) in [5.74, 6) is 0.276. The maximum absolute atomic E-state index is 13.0. The van der Waals surface area contributed by atoms with E-state index in [-0.39, 0.29) is 23.2 Å². The molecule has 1 aliphatic carbocycles. The highest BCUT2D eigenvalue weighted by Gasteiger charge is 2.39. The summed E-state index contributed by atoms with van der Waals surface area (Å²) in [6.45, 7) is 2.22. The van der Waals surface area contributed by atoms with E-state index < -0.39 is 0 Å². The molecule has 0 bridgehead atoms. The number of hydrogen-bond acceptors (Lipinski definition) is 3. The van der Waals surface area contributed by atoms with E-state index in [1.807, 2.05) is 31.6 Å². The van der Waals surface area contributed by atoms with Crippen LogP contribution in [0.2, 0.25) is 5.02 Å². The van der Waals surface area contributed by atoms with Gasteiger partial charge in [-0.2, -0.15) is 5.10 Å². The number of nitrogens with zero attached hydrogens (tertiary/aromatic N) is 2. The largest absolute Gasteiger partial charge is 0.355 e. The van der Waals surface area contributed by atoms with Gasteiger partial charge in [0.1, 0.15) is 0 Å². The number of aryl methyl sites for hydroxylation is 1. The molecule has 27 heavy (non-hydrogen) atoms. The lowest BCUT2D eigenvalue weighted by Crippen LogP contribution is -2.42. The van der Waals surface area contributed by atoms with E-state index in [0.717, 1.165) is 36.5 Å². The highest BCUT2D eigenvalue weighted by molar-refractivity contribution is 6.30. The Balaban J connectivity index is 1.47. The molecule has 5 nitrogen and oxygen atoms in total. The highest BCUT2D eigenvalue weighted by Crippen LogP contribution is 2.41. The first kappa shape index (κ1) is 18.5. The first-order valence-electron chi connectivity index (χ1n) is 9.80. The number of aromatic nitrogens is 2. The zero-order chi connectivity index (χ0) is 18.9. The lowest BCUT2D eigenvalue weighted by Gasteiger charge is -2.31. The van der Waals surface area contributed by atoms with Crippen molar-refractivity contribution in [3.05, 3.63) is 52.8 Å². The Morgan fingerprint density at radius 2 is 2.19 bits per heavy atom. The lowest BCUT2D eigenvalue weighted by molar-refractivity contribution is -0.125. The Morgan fingerprint density at radius 3 is 2.89 bits per heavy atom. The van der Waals surface area contributed by atoms with E-state index in [0.29, 0.717) is 6.54 Å². The Kier molecular flexibility index (Phi) is 5.24. The maximum Gasteiger partial charge on any atom is 0.225 e. The standard InChI is InChI=1S/C21H27ClN4O/c1-26-13-15(10-25-26)18-11-23-12-19(18)20(27)24-14-21(7-2-3-8-21)16-5-4-6-17(22)9-16/h4-6,9-10,13,18-19,23H,2-3,7-8,11-12,14H2,1H3,(H,24,27)/t18-,19+/m1/s1. The third-order valence-electron chi connectivity index (χ3n) is 6.30. The Labute approximate surface area is 165 Å². The second-order valence-corrected chi connectivity index (χ2v) is 8.47. The summed E-state index contributed by atoms with van der Waals surface area (Å²) in [6, 6.07) is 8.14. The summed E-state index contributed by atoms with van der Waals surface area (Å²) < 4.78 is 1.80. The number of amides is 1. The van der Waals surface area contributed by atoms with Crippen molar-refractivity contribution < 1.29 is 4.79 Å². The van der Waals surface area contributed by atoms with Gasteiger partial charge in [-0.1, -0.05) is 36.6 Å². The number of rotatable bonds is 5. The van der Waals surface area contributed by atoms with Gasteiger partial charge in [-0.25, -0.2) is 0 Å². The Morgan fingerprint density at radius 1 is 1.37 bits per heavy atom. The molecule has 4 rings (SSSR count). The van der Waals surface area contributed by atoms with Gasteiger partial charge in [0.25, 0.3) is 0 Å². The van der Waals surface area contributed by atoms with E-state index in [1.54, 1.807) is 4.68 Å². The number of nitrogens with one attached hydrogen (secondary N) is 2. The van der Waals surface area contributed by atoms with Gasteiger partial charge in [0, 0.05) is 49.2 Å². The van der Waals surface area contributed by atoms with Crippen molar-refractivity contribution in [3.63, 3.8) is 0 Å². The summed E-state index contributed by atoms with van der Waals surface area (Å²) in [6.07, 6.45) is 8.49. The SMILES string of the molecule is Cn1cc([C@H]2CNC[C@@H]2C(=O)NCC2(c3cccc(Cl)c3)CCCC2)cn1. The van der Waals surface area contributed by atoms with Crippen LogP contribution < -0.4 is 10.6 Å². The molecule has 1 aromatic heterocycles. The number of hydrogen-bond donors (Lipinski definition) is 2. The molecular formula is C21H27ClN4O. The van der Waals surface area contributed by atoms with E-state index in [2.05, 4.69) is 27.9 Å². The average molecular weight is 387 g/mol. The maximum atomic E-state index is 13.0. The molecule has 6 heteroatoms. The normalized spacial score (nSPS) is 24.2. The third-order valence-corrected chi connectivity index (χ3v) is 6.54. The van der Waals surface area contributed by atoms with Crippen LogP contribution in [0, 0.1) is 5.92 Å². The van der Waals surface area contributed by atoms with Crippen molar-refractivity contribution in [3.8, 4) is 0 Å². The van der Waals surface area contributed by atoms with Crippen molar-refractivity contribution in [2.75, 3.05) is 19.6 Å². The molecule has 2 fully saturated rings. The van der Waals surface area contributed by atoms with Gasteiger partial charge in [0.2, 0.25) is 5.91 Å². The third kappa shape index (κ3) is 3.76. The molecule has 1 amide bonds. The van der Waals surface area contributed by atoms with E-state index in [4.69, 9.17) is 11.6 Å². The van der Waals surface area contributed by atoms with Gasteiger partial charge >= 0.3 is 0 Å². The first-order valence-corrected chi connectivity index (χ1v) is 10.2. The van der Waals surface area contributed by atoms with Crippen LogP contribution in [0.3, 0.4) is 0 Å². The molecule has 2 N–H and O–H groups in total. The fourth-order valence-electron chi connectivity index (χ4n) is 4.76. The summed E-state index contributed by atoms with van der Waals surface area (Å²) in [7, 11) is 1.91. The molecule has 2 aromatic rings. The van der Waals surface area contributed by atoms with Gasteiger partial charge in [-0.15, -0.1) is 0 Å². The van der Waals surface area contributed by atoms with Crippen LogP contribution in [0.15, 0.2) is 36.7 Å². The smallest absolute Gasteiger partial charge is 0.225 e. The van der Waals surface area contributed by atoms with Crippen LogP contribution in [-0.2, 0) is 17.3 Å². The summed E-state index contributed by atoms with van der Waals surface area (Å²) >= 11 is 6.24. The molecule has 0 spiro atoms. The topological polar surface area (TPSA) is 59.0 Å². The molecule has 1 saturated heterocycles. The number of benzene rings is 1. The quantitative estimate of drug-likeness (QED) is 0.830. The van der Waals surface area contributed by atoms with Gasteiger partial charge in [-0.3, -0.25) is 9.48 Å². The molecule has 144 valence electrons. The van der Waals surface area contributed by atoms with Crippen molar-refractivity contribution >= 4 is 17.5 Å². The zero-order valence-electron chi connectivity index (χ0n) is 15.7. The van der Waals surface area contributed by atoms with Gasteiger partial charge in [0.15, 0.2) is 0 Å². The van der Waals surface area contributed by atoms with Crippen molar-refractivity contribution in [1.82, 2.24) is 20.4 Å². The van der Waals surface area contributed by atoms with Crippen LogP contribution in [0.25, 0.3) is 0 Å². The van der Waals surface area contributed by atoms with Crippen LogP contribution in [0.4, 0.5) is 0 Å². The first-order chi connectivity index (χ1) is 13.1. The number of carbonyl (C=O) groups is 1. The molecule has 1 aromatic carbocycles. The molecule has 1 saturated carbocycles. The molecular weight excluding hydrogens is 360 g/mol. The van der Waals surface area contributed by atoms with E-state index in [1.165, 1.54) is 18.4 Å². The number of halogens is 1. The minimum absolute atomic E-state index is 0.0103. The molecule has 2 heterocycles. The van der Waals surface area contributed by atoms with Crippen molar-refractivity contribution in [2.24, 2.45) is 13.0 Å². The molecule has 0 unspecified atom stereocenters. The van der Waals surface area contributed by atoms with Gasteiger partial charge < -0.3 is 10.6 Å². The van der Waals surface area contributed by atoms with Crippen LogP contribution in [0.5, 0.6) is 0 Å². The summed E-state index contributed by atoms with van der Waals surface area (Å²) in [5, 5.41) is 11.7. The fourth-order valence-corrected chi connectivity index (χ4v) is 4.95. The minimum Gasteiger partial charge on any atom is -0.355 e. The Hall–Kier alpha value is -1.85. The minimum atomic E-state index is -0.0491. The second kappa shape index (κ2) is 7.64. The van der Waals surface area contributed by atoms with Crippen molar-refractivity contribution in [2.45, 2.75) is 37.0 Å². The van der Waals surface area contributed by atoms with Crippen LogP contribution >= 0.6 is 11.6 Å². The van der Waals surface area contributed by atoms with Crippen LogP contribution in [0.1, 0.15) is 42.7 Å². The molecule has 0 radical (unpaired) electrons. The van der Waals surface area contributed by atoms with Crippen LogP contribution in [-0.4, -0.2) is 35.3 Å². The Bertz CT molecular complexity index is 812. The predicted octanol–water partition coefficient (Wildman–Crippen LogP) is 3.00. The lowest BCUT2D eigenvalue weighted by atomic mass is 9.78. The highest BCUT2D eigenvalue weighted by atomic mass is 35.5. The molecule has 2 atom stereocenters. The molecule has 1 aliphatic heterocycles. The summed E-state index contributed by atoms with van der Waals surface area (Å²) in [4.78, 5) is 13.0. The van der Waals surface area contributed by atoms with Gasteiger partial charge in [0.05, 0.1) is 12.1 Å². The predicted molar refractivity (Wildman–Crippen MR) is 107 cm³/mol. The van der Waals surface area contributed by atoms with E-state index >= 15 is 0 Å². The van der Waals surface area contributed by atoms with E-state index in [9.17, 15) is 4.79 Å². The average Bonchev–Trinajstić information content (AvgIpc) is 3.40. The zero-order valence-corrected chi connectivity index (χ0v) is 16.5.